The molecule has 0 bridgehead atoms. The van der Waals surface area contributed by atoms with E-state index >= 15 is 0 Å². The molecule has 3 nitrogen and oxygen atoms in total. The number of pyridine rings is 1. The lowest BCUT2D eigenvalue weighted by atomic mass is 9.81. The van der Waals surface area contributed by atoms with Gasteiger partial charge in [0.2, 0.25) is 0 Å². The first kappa shape index (κ1) is 19.8. The zero-order valence-corrected chi connectivity index (χ0v) is 15.8. The predicted molar refractivity (Wildman–Crippen MR) is 97.2 cm³/mol. The van der Waals surface area contributed by atoms with E-state index in [1.165, 1.54) is 70.2 Å². The van der Waals surface area contributed by atoms with E-state index < -0.39 is 22.7 Å². The van der Waals surface area contributed by atoms with Crippen LogP contribution in [0.3, 0.4) is 0 Å². The largest absolute Gasteiger partial charge is 0.433 e. The smallest absolute Gasteiger partial charge is 0.300 e. The van der Waals surface area contributed by atoms with Crippen LogP contribution in [0.4, 0.5) is 13.2 Å². The van der Waals surface area contributed by atoms with Gasteiger partial charge in [-0.2, -0.15) is 13.2 Å². The third-order valence-corrected chi connectivity index (χ3v) is 7.54. The topological polar surface area (TPSA) is 33.2 Å². The summed E-state index contributed by atoms with van der Waals surface area (Å²) in [6.07, 6.45) is 6.61. The van der Waals surface area contributed by atoms with Gasteiger partial charge in [-0.3, -0.25) is 14.1 Å². The zero-order valence-electron chi connectivity index (χ0n) is 15.0. The number of nitrogens with zero attached hydrogens (tertiary/aromatic N) is 2. The number of hydrogen-bond donors (Lipinski definition) is 0. The maximum Gasteiger partial charge on any atom is 0.433 e. The Morgan fingerprint density at radius 2 is 1.85 bits per heavy atom. The van der Waals surface area contributed by atoms with Crippen molar-refractivity contribution >= 4 is 10.8 Å². The van der Waals surface area contributed by atoms with Gasteiger partial charge in [-0.1, -0.05) is 25.3 Å². The highest BCUT2D eigenvalue weighted by molar-refractivity contribution is 7.86. The Balaban J connectivity index is 0.000000170. The fourth-order valence-corrected chi connectivity index (χ4v) is 6.16. The molecule has 3 aliphatic rings. The van der Waals surface area contributed by atoms with Gasteiger partial charge in [0.1, 0.15) is 5.69 Å². The van der Waals surface area contributed by atoms with Gasteiger partial charge >= 0.3 is 6.18 Å². The van der Waals surface area contributed by atoms with Crippen LogP contribution in [-0.4, -0.2) is 44.7 Å². The molecule has 146 valence electrons. The molecule has 0 atom stereocenters. The quantitative estimate of drug-likeness (QED) is 0.721. The van der Waals surface area contributed by atoms with E-state index in [4.69, 9.17) is 0 Å². The predicted octanol–water partition coefficient (Wildman–Crippen LogP) is 4.26. The Hall–Kier alpha value is -0.950. The van der Waals surface area contributed by atoms with Crippen molar-refractivity contribution in [2.45, 2.75) is 57.2 Å². The highest BCUT2D eigenvalue weighted by Gasteiger charge is 2.46. The summed E-state index contributed by atoms with van der Waals surface area (Å²) in [4.78, 5) is 5.86. The van der Waals surface area contributed by atoms with Crippen molar-refractivity contribution < 1.29 is 17.4 Å². The first-order valence-electron chi connectivity index (χ1n) is 9.45. The second kappa shape index (κ2) is 8.38. The van der Waals surface area contributed by atoms with Crippen LogP contribution in [-0.2, 0) is 17.0 Å². The molecular weight excluding hydrogens is 361 g/mol. The van der Waals surface area contributed by atoms with E-state index in [2.05, 4.69) is 9.88 Å². The molecule has 1 saturated carbocycles. The summed E-state index contributed by atoms with van der Waals surface area (Å²) in [6, 6.07) is 4.53. The van der Waals surface area contributed by atoms with Crippen LogP contribution in [0.25, 0.3) is 0 Å². The molecule has 1 aromatic heterocycles. The molecule has 0 N–H and O–H groups in total. The van der Waals surface area contributed by atoms with Crippen molar-refractivity contribution in [2.75, 3.05) is 24.6 Å². The first-order chi connectivity index (χ1) is 12.4. The number of halogens is 3. The summed E-state index contributed by atoms with van der Waals surface area (Å²) in [6.45, 7) is 2.56. The molecule has 0 radical (unpaired) electrons. The van der Waals surface area contributed by atoms with Crippen LogP contribution in [0.1, 0.15) is 50.6 Å². The Morgan fingerprint density at radius 3 is 2.38 bits per heavy atom. The summed E-state index contributed by atoms with van der Waals surface area (Å²) in [5.74, 6) is 1.99. The zero-order chi connectivity index (χ0) is 18.6. The lowest BCUT2D eigenvalue weighted by Crippen LogP contribution is -2.57. The summed E-state index contributed by atoms with van der Waals surface area (Å²) in [5, 5.41) is 0. The summed E-state index contributed by atoms with van der Waals surface area (Å²) >= 11 is 0. The summed E-state index contributed by atoms with van der Waals surface area (Å²) < 4.78 is 46.5. The van der Waals surface area contributed by atoms with E-state index in [0.717, 1.165) is 29.8 Å². The van der Waals surface area contributed by atoms with Crippen molar-refractivity contribution in [3.63, 3.8) is 0 Å². The molecule has 2 aliphatic heterocycles. The van der Waals surface area contributed by atoms with Gasteiger partial charge in [0.15, 0.2) is 0 Å². The lowest BCUT2D eigenvalue weighted by molar-refractivity contribution is -0.141. The molecule has 0 unspecified atom stereocenters. The molecule has 1 spiro atoms. The lowest BCUT2D eigenvalue weighted by Gasteiger charge is -2.50. The normalized spacial score (nSPS) is 30.3. The van der Waals surface area contributed by atoms with E-state index in [0.29, 0.717) is 5.41 Å². The van der Waals surface area contributed by atoms with E-state index in [-0.39, 0.29) is 0 Å². The SMILES string of the molecule is FC(F)(F)c1ccccn1.O=S1CC2(CCCN(C3CCCCC3)C2)C1. The molecule has 1 aromatic rings. The number of piperidine rings is 1. The number of likely N-dealkylation sites (tertiary alicyclic amines) is 1. The average Bonchev–Trinajstić information content (AvgIpc) is 2.62. The Bertz CT molecular complexity index is 595. The van der Waals surface area contributed by atoms with Crippen molar-refractivity contribution in [3.8, 4) is 0 Å². The van der Waals surface area contributed by atoms with Crippen molar-refractivity contribution in [1.82, 2.24) is 9.88 Å². The fraction of sp³-hybridized carbons (Fsp3) is 0.737. The highest BCUT2D eigenvalue weighted by Crippen LogP contribution is 2.40. The van der Waals surface area contributed by atoms with E-state index in [9.17, 15) is 17.4 Å². The van der Waals surface area contributed by atoms with Crippen LogP contribution in [0.2, 0.25) is 0 Å². The number of rotatable bonds is 1. The molecule has 3 fully saturated rings. The van der Waals surface area contributed by atoms with Gasteiger partial charge in [0.05, 0.1) is 0 Å². The second-order valence-corrected chi connectivity index (χ2v) is 9.26. The molecule has 0 aromatic carbocycles. The average molecular weight is 388 g/mol. The maximum atomic E-state index is 11.7. The second-order valence-electron chi connectivity index (χ2n) is 7.81. The van der Waals surface area contributed by atoms with Crippen molar-refractivity contribution in [2.24, 2.45) is 5.41 Å². The van der Waals surface area contributed by atoms with Crippen molar-refractivity contribution in [1.29, 1.82) is 0 Å². The maximum absolute atomic E-state index is 11.7. The number of hydrogen-bond acceptors (Lipinski definition) is 3. The number of aromatic nitrogens is 1. The van der Waals surface area contributed by atoms with Gasteiger partial charge in [0, 0.05) is 46.5 Å². The monoisotopic (exact) mass is 388 g/mol. The summed E-state index contributed by atoms with van der Waals surface area (Å²) in [5.41, 5.74) is -0.379. The van der Waals surface area contributed by atoms with Gasteiger partial charge in [-0.15, -0.1) is 0 Å². The Morgan fingerprint density at radius 1 is 1.12 bits per heavy atom. The van der Waals surface area contributed by atoms with Gasteiger partial charge in [-0.25, -0.2) is 0 Å². The van der Waals surface area contributed by atoms with Crippen LogP contribution in [0, 0.1) is 5.41 Å². The van der Waals surface area contributed by atoms with Crippen LogP contribution < -0.4 is 0 Å². The third-order valence-electron chi connectivity index (χ3n) is 5.67. The Kier molecular flexibility index (Phi) is 6.38. The molecule has 4 rings (SSSR count). The standard InChI is InChI=1S/C13H23NOS.C6H4F3N/c15-16-10-13(11-16)7-4-8-14(9-13)12-5-2-1-3-6-12;7-6(8,9)5-3-1-2-4-10-5/h12H,1-11H2;1-4H. The minimum absolute atomic E-state index is 0.473. The molecular formula is C19H27F3N2OS. The van der Waals surface area contributed by atoms with E-state index in [1.54, 1.807) is 0 Å². The third kappa shape index (κ3) is 5.06. The fourth-order valence-electron chi connectivity index (χ4n) is 4.41. The minimum atomic E-state index is -4.32. The van der Waals surface area contributed by atoms with Crippen LogP contribution in [0.15, 0.2) is 24.4 Å². The first-order valence-corrected chi connectivity index (χ1v) is 10.9. The molecule has 7 heteroatoms. The van der Waals surface area contributed by atoms with Gasteiger partial charge in [0.25, 0.3) is 0 Å². The van der Waals surface area contributed by atoms with E-state index in [1.807, 2.05) is 0 Å². The minimum Gasteiger partial charge on any atom is -0.300 e. The van der Waals surface area contributed by atoms with Crippen LogP contribution >= 0.6 is 0 Å². The molecule has 26 heavy (non-hydrogen) atoms. The molecule has 1 aliphatic carbocycles. The molecule has 2 saturated heterocycles. The van der Waals surface area contributed by atoms with Gasteiger partial charge in [-0.05, 0) is 44.4 Å². The molecule has 0 amide bonds. The summed E-state index contributed by atoms with van der Waals surface area (Å²) in [7, 11) is -0.475. The van der Waals surface area contributed by atoms with Gasteiger partial charge < -0.3 is 0 Å². The molecule has 3 heterocycles. The van der Waals surface area contributed by atoms with Crippen LogP contribution in [0.5, 0.6) is 0 Å². The number of alkyl halides is 3. The highest BCUT2D eigenvalue weighted by atomic mass is 32.2. The Labute approximate surface area is 155 Å². The van der Waals surface area contributed by atoms with Crippen molar-refractivity contribution in [3.05, 3.63) is 30.1 Å².